The Morgan fingerprint density at radius 2 is 1.71 bits per heavy atom. The highest BCUT2D eigenvalue weighted by atomic mass is 16.2. The van der Waals surface area contributed by atoms with Crippen molar-refractivity contribution in [1.82, 2.24) is 4.90 Å². The summed E-state index contributed by atoms with van der Waals surface area (Å²) in [6.45, 7) is 1.59. The summed E-state index contributed by atoms with van der Waals surface area (Å²) < 4.78 is 0. The van der Waals surface area contributed by atoms with Crippen LogP contribution in [0.4, 0.5) is 5.69 Å². The minimum absolute atomic E-state index is 0.0585. The van der Waals surface area contributed by atoms with Crippen LogP contribution < -0.4 is 11.1 Å². The largest absolute Gasteiger partial charge is 0.370 e. The van der Waals surface area contributed by atoms with Gasteiger partial charge in [0.2, 0.25) is 11.8 Å². The molecule has 0 saturated carbocycles. The number of nitrogens with one attached hydrogen (secondary N) is 1. The van der Waals surface area contributed by atoms with Crippen LogP contribution in [0.5, 0.6) is 0 Å². The minimum Gasteiger partial charge on any atom is -0.370 e. The van der Waals surface area contributed by atoms with E-state index in [1.165, 1.54) is 0 Å². The van der Waals surface area contributed by atoms with Crippen molar-refractivity contribution >= 4 is 17.5 Å². The number of amides is 2. The van der Waals surface area contributed by atoms with Crippen LogP contribution in [0.25, 0.3) is 0 Å². The van der Waals surface area contributed by atoms with Gasteiger partial charge in [-0.05, 0) is 36.6 Å². The molecule has 1 fully saturated rings. The van der Waals surface area contributed by atoms with Gasteiger partial charge >= 0.3 is 0 Å². The number of benzene rings is 2. The number of nitrogens with two attached hydrogens (primary N) is 1. The quantitative estimate of drug-likeness (QED) is 0.888. The fourth-order valence-electron chi connectivity index (χ4n) is 2.98. The summed E-state index contributed by atoms with van der Waals surface area (Å²) in [6, 6.07) is 16.1. The van der Waals surface area contributed by atoms with E-state index in [0.717, 1.165) is 31.5 Å². The van der Waals surface area contributed by atoms with E-state index in [-0.39, 0.29) is 5.91 Å². The maximum Gasteiger partial charge on any atom is 0.249 e. The van der Waals surface area contributed by atoms with E-state index in [9.17, 15) is 9.59 Å². The molecule has 0 spiro atoms. The van der Waals surface area contributed by atoms with Crippen molar-refractivity contribution in [3.8, 4) is 0 Å². The molecule has 1 aliphatic heterocycles. The van der Waals surface area contributed by atoms with Crippen molar-refractivity contribution in [1.29, 1.82) is 0 Å². The number of anilines is 1. The van der Waals surface area contributed by atoms with Crippen LogP contribution in [0.3, 0.4) is 0 Å². The molecule has 0 bridgehead atoms. The predicted octanol–water partition coefficient (Wildman–Crippen LogP) is 2.56. The summed E-state index contributed by atoms with van der Waals surface area (Å²) in [5, 5.41) is 3.27. The number of hydrogen-bond acceptors (Lipinski definition) is 3. The number of rotatable bonds is 5. The summed E-state index contributed by atoms with van der Waals surface area (Å²) in [7, 11) is 0. The molecule has 24 heavy (non-hydrogen) atoms. The van der Waals surface area contributed by atoms with Gasteiger partial charge in [-0.3, -0.25) is 9.59 Å². The molecule has 2 aromatic rings. The Labute approximate surface area is 141 Å². The second-order valence-electron chi connectivity index (χ2n) is 5.97. The molecule has 2 amide bonds. The topological polar surface area (TPSA) is 75.4 Å². The van der Waals surface area contributed by atoms with E-state index >= 15 is 0 Å². The number of likely N-dealkylation sites (tertiary alicyclic amines) is 1. The van der Waals surface area contributed by atoms with Crippen molar-refractivity contribution < 1.29 is 9.59 Å². The van der Waals surface area contributed by atoms with Gasteiger partial charge in [-0.1, -0.05) is 36.4 Å². The van der Waals surface area contributed by atoms with Crippen LogP contribution in [-0.4, -0.2) is 29.8 Å². The maximum atomic E-state index is 12.9. The Bertz CT molecular complexity index is 724. The first-order valence-corrected chi connectivity index (χ1v) is 8.15. The zero-order chi connectivity index (χ0) is 16.9. The standard InChI is InChI=1S/C19H21N3O2/c20-18(23)15-9-6-10-16(13-15)21-17(14-7-2-1-3-8-14)19(24)22-11-4-5-12-22/h1-3,6-10,13,17,21H,4-5,11-12H2,(H2,20,23)/t17-/m0/s1. The molecule has 5 nitrogen and oxygen atoms in total. The van der Waals surface area contributed by atoms with Crippen LogP contribution in [-0.2, 0) is 4.79 Å². The molecular formula is C19H21N3O2. The summed E-state index contributed by atoms with van der Waals surface area (Å²) in [6.07, 6.45) is 2.09. The van der Waals surface area contributed by atoms with Gasteiger partial charge in [0.15, 0.2) is 0 Å². The fraction of sp³-hybridized carbons (Fsp3) is 0.263. The van der Waals surface area contributed by atoms with Crippen molar-refractivity contribution in [2.45, 2.75) is 18.9 Å². The zero-order valence-corrected chi connectivity index (χ0v) is 13.4. The van der Waals surface area contributed by atoms with Gasteiger partial charge in [-0.25, -0.2) is 0 Å². The van der Waals surface area contributed by atoms with Crippen molar-refractivity contribution in [2.24, 2.45) is 5.73 Å². The zero-order valence-electron chi connectivity index (χ0n) is 13.4. The van der Waals surface area contributed by atoms with Crippen molar-refractivity contribution in [3.63, 3.8) is 0 Å². The van der Waals surface area contributed by atoms with Crippen LogP contribution in [0.1, 0.15) is 34.8 Å². The Kier molecular flexibility index (Phi) is 4.79. The number of hydrogen-bond donors (Lipinski definition) is 2. The average molecular weight is 323 g/mol. The van der Waals surface area contributed by atoms with Gasteiger partial charge in [0, 0.05) is 24.3 Å². The third-order valence-electron chi connectivity index (χ3n) is 4.26. The first-order chi connectivity index (χ1) is 11.6. The van der Waals surface area contributed by atoms with Gasteiger partial charge < -0.3 is 16.0 Å². The van der Waals surface area contributed by atoms with Crippen molar-refractivity contribution in [3.05, 3.63) is 65.7 Å². The van der Waals surface area contributed by atoms with E-state index in [2.05, 4.69) is 5.32 Å². The second kappa shape index (κ2) is 7.17. The molecule has 1 aliphatic rings. The monoisotopic (exact) mass is 323 g/mol. The Morgan fingerprint density at radius 3 is 2.38 bits per heavy atom. The number of nitrogens with zero attached hydrogens (tertiary/aromatic N) is 1. The molecule has 124 valence electrons. The minimum atomic E-state index is -0.485. The van der Waals surface area contributed by atoms with Crippen LogP contribution in [0, 0.1) is 0 Å². The first-order valence-electron chi connectivity index (χ1n) is 8.15. The summed E-state index contributed by atoms with van der Waals surface area (Å²) >= 11 is 0. The maximum absolute atomic E-state index is 12.9. The highest BCUT2D eigenvalue weighted by Gasteiger charge is 2.27. The molecule has 1 atom stereocenters. The molecule has 0 radical (unpaired) electrons. The SMILES string of the molecule is NC(=O)c1cccc(N[C@H](C(=O)N2CCCC2)c2ccccc2)c1. The Hall–Kier alpha value is -2.82. The lowest BCUT2D eigenvalue weighted by Gasteiger charge is -2.25. The normalized spacial score (nSPS) is 15.1. The molecular weight excluding hydrogens is 302 g/mol. The molecule has 3 rings (SSSR count). The molecule has 0 aromatic heterocycles. The van der Waals surface area contributed by atoms with Gasteiger partial charge in [-0.2, -0.15) is 0 Å². The van der Waals surface area contributed by atoms with Crippen LogP contribution in [0.15, 0.2) is 54.6 Å². The molecule has 2 aromatic carbocycles. The van der Waals surface area contributed by atoms with Gasteiger partial charge in [-0.15, -0.1) is 0 Å². The van der Waals surface area contributed by atoms with Crippen molar-refractivity contribution in [2.75, 3.05) is 18.4 Å². The van der Waals surface area contributed by atoms with Crippen LogP contribution >= 0.6 is 0 Å². The van der Waals surface area contributed by atoms with Gasteiger partial charge in [0.1, 0.15) is 6.04 Å². The summed E-state index contributed by atoms with van der Waals surface area (Å²) in [4.78, 5) is 26.2. The lowest BCUT2D eigenvalue weighted by Crippen LogP contribution is -2.36. The highest BCUT2D eigenvalue weighted by Crippen LogP contribution is 2.24. The summed E-state index contributed by atoms with van der Waals surface area (Å²) in [5.41, 5.74) is 7.36. The third-order valence-corrected chi connectivity index (χ3v) is 4.26. The lowest BCUT2D eigenvalue weighted by molar-refractivity contribution is -0.131. The first kappa shape index (κ1) is 16.1. The van der Waals surface area contributed by atoms with E-state index < -0.39 is 11.9 Å². The lowest BCUT2D eigenvalue weighted by atomic mass is 10.0. The molecule has 0 aliphatic carbocycles. The Balaban J connectivity index is 1.88. The van der Waals surface area contributed by atoms with E-state index in [0.29, 0.717) is 11.3 Å². The second-order valence-corrected chi connectivity index (χ2v) is 5.97. The van der Waals surface area contributed by atoms with Gasteiger partial charge in [0.05, 0.1) is 0 Å². The van der Waals surface area contributed by atoms with E-state index in [1.54, 1.807) is 18.2 Å². The Morgan fingerprint density at radius 1 is 1.00 bits per heavy atom. The van der Waals surface area contributed by atoms with Gasteiger partial charge in [0.25, 0.3) is 0 Å². The highest BCUT2D eigenvalue weighted by molar-refractivity contribution is 5.94. The third kappa shape index (κ3) is 3.56. The average Bonchev–Trinajstić information content (AvgIpc) is 3.15. The molecule has 5 heteroatoms. The van der Waals surface area contributed by atoms with E-state index in [4.69, 9.17) is 5.73 Å². The smallest absolute Gasteiger partial charge is 0.249 e. The molecule has 0 unspecified atom stereocenters. The number of primary amides is 1. The summed E-state index contributed by atoms with van der Waals surface area (Å²) in [5.74, 6) is -0.427. The van der Waals surface area contributed by atoms with E-state index in [1.807, 2.05) is 41.3 Å². The molecule has 3 N–H and O–H groups in total. The molecule has 1 saturated heterocycles. The molecule has 1 heterocycles. The number of carbonyl (C=O) groups excluding carboxylic acids is 2. The van der Waals surface area contributed by atoms with Crippen LogP contribution in [0.2, 0.25) is 0 Å². The fourth-order valence-corrected chi connectivity index (χ4v) is 2.98. The number of carbonyl (C=O) groups is 2. The predicted molar refractivity (Wildman–Crippen MR) is 93.6 cm³/mol.